The SMILES string of the molecule is CC/C=C\C/C=C\C/C=C\C/C=C\C/C=C\CCCCCCCCCCCCCCCCCCCC(=O)NC(CO)C(O)/C=C/CC/C=C/CCCCCCCCCCCCCCCCCC. The second kappa shape index (κ2) is 57.9. The molecule has 4 nitrogen and oxygen atoms in total. The van der Waals surface area contributed by atoms with Crippen LogP contribution in [0.15, 0.2) is 85.1 Å². The van der Waals surface area contributed by atoms with Crippen molar-refractivity contribution < 1.29 is 15.0 Å². The van der Waals surface area contributed by atoms with E-state index in [4.69, 9.17) is 0 Å². The van der Waals surface area contributed by atoms with Gasteiger partial charge in [-0.2, -0.15) is 0 Å². The summed E-state index contributed by atoms with van der Waals surface area (Å²) in [6.45, 7) is 4.20. The van der Waals surface area contributed by atoms with Crippen LogP contribution in [0.1, 0.15) is 290 Å². The highest BCUT2D eigenvalue weighted by atomic mass is 16.3. The Morgan fingerprint density at radius 2 is 0.672 bits per heavy atom. The van der Waals surface area contributed by atoms with Crippen molar-refractivity contribution in [1.29, 1.82) is 0 Å². The van der Waals surface area contributed by atoms with Crippen LogP contribution in [0.3, 0.4) is 0 Å². The van der Waals surface area contributed by atoms with E-state index >= 15 is 0 Å². The second-order valence-electron chi connectivity index (χ2n) is 19.7. The Hall–Kier alpha value is -2.43. The van der Waals surface area contributed by atoms with Crippen molar-refractivity contribution in [3.63, 3.8) is 0 Å². The van der Waals surface area contributed by atoms with Crippen molar-refractivity contribution in [3.8, 4) is 0 Å². The molecule has 2 atom stereocenters. The van der Waals surface area contributed by atoms with Gasteiger partial charge in [-0.25, -0.2) is 0 Å². The van der Waals surface area contributed by atoms with Crippen molar-refractivity contribution in [2.75, 3.05) is 6.61 Å². The third kappa shape index (κ3) is 54.4. The first kappa shape index (κ1) is 64.6. The zero-order valence-electron chi connectivity index (χ0n) is 44.7. The van der Waals surface area contributed by atoms with Gasteiger partial charge in [0.15, 0.2) is 0 Å². The fraction of sp³-hybridized carbons (Fsp3) is 0.762. The average Bonchev–Trinajstić information content (AvgIpc) is 3.33. The fourth-order valence-electron chi connectivity index (χ4n) is 8.69. The van der Waals surface area contributed by atoms with Crippen LogP contribution < -0.4 is 5.32 Å². The highest BCUT2D eigenvalue weighted by Gasteiger charge is 2.18. The fourth-order valence-corrected chi connectivity index (χ4v) is 8.69. The van der Waals surface area contributed by atoms with E-state index in [0.717, 1.165) is 64.2 Å². The van der Waals surface area contributed by atoms with Gasteiger partial charge in [-0.1, -0.05) is 292 Å². The number of carbonyl (C=O) groups excluding carboxylic acids is 1. The van der Waals surface area contributed by atoms with E-state index in [1.807, 2.05) is 6.08 Å². The first-order valence-electron chi connectivity index (χ1n) is 29.3. The van der Waals surface area contributed by atoms with Crippen molar-refractivity contribution >= 4 is 5.91 Å². The topological polar surface area (TPSA) is 69.6 Å². The van der Waals surface area contributed by atoms with Gasteiger partial charge in [0.1, 0.15) is 0 Å². The molecule has 0 aromatic heterocycles. The van der Waals surface area contributed by atoms with Crippen LogP contribution in [0.2, 0.25) is 0 Å². The Morgan fingerprint density at radius 3 is 1.04 bits per heavy atom. The largest absolute Gasteiger partial charge is 0.394 e. The number of hydrogen-bond acceptors (Lipinski definition) is 3. The monoisotopic (exact) mass is 932 g/mol. The Morgan fingerprint density at radius 1 is 0.373 bits per heavy atom. The lowest BCUT2D eigenvalue weighted by molar-refractivity contribution is -0.123. The summed E-state index contributed by atoms with van der Waals surface area (Å²) in [5, 5.41) is 23.2. The zero-order chi connectivity index (χ0) is 48.5. The van der Waals surface area contributed by atoms with Crippen molar-refractivity contribution in [2.24, 2.45) is 0 Å². The summed E-state index contributed by atoms with van der Waals surface area (Å²) in [6.07, 6.45) is 84.7. The van der Waals surface area contributed by atoms with Crippen LogP contribution in [0, 0.1) is 0 Å². The van der Waals surface area contributed by atoms with Gasteiger partial charge >= 0.3 is 0 Å². The molecule has 3 N–H and O–H groups in total. The van der Waals surface area contributed by atoms with Crippen LogP contribution in [-0.4, -0.2) is 34.9 Å². The lowest BCUT2D eigenvalue weighted by Gasteiger charge is -2.19. The Labute approximate surface area is 418 Å². The van der Waals surface area contributed by atoms with Gasteiger partial charge in [-0.15, -0.1) is 0 Å². The van der Waals surface area contributed by atoms with Gasteiger partial charge in [-0.05, 0) is 77.0 Å². The number of carbonyl (C=O) groups is 1. The standard InChI is InChI=1S/C63H113NO3/c1-3-5-7-9-11-13-15-17-19-21-23-25-27-28-29-30-31-32-33-34-35-36-37-39-41-43-45-47-49-51-53-55-57-59-63(67)64-61(60-65)62(66)58-56-54-52-50-48-46-44-42-40-38-26-24-22-20-18-16-14-12-10-8-6-4-2/h5,7,11,13,17,19,23,25,28-29,48,50,56,58,61-62,65-66H,3-4,6,8-10,12,14-16,18,20-22,24,26-27,30-47,49,51-55,57,59-60H2,1-2H3,(H,64,67)/b7-5-,13-11-,19-17-,25-23-,29-28-,50-48+,58-56+. The molecule has 0 rings (SSSR count). The zero-order valence-corrected chi connectivity index (χ0v) is 44.7. The van der Waals surface area contributed by atoms with E-state index in [1.165, 1.54) is 205 Å². The van der Waals surface area contributed by atoms with Crippen molar-refractivity contribution in [1.82, 2.24) is 5.32 Å². The van der Waals surface area contributed by atoms with Gasteiger partial charge in [0.25, 0.3) is 0 Å². The number of unbranched alkanes of at least 4 members (excludes halogenated alkanes) is 34. The van der Waals surface area contributed by atoms with E-state index < -0.39 is 12.1 Å². The molecule has 388 valence electrons. The summed E-state index contributed by atoms with van der Waals surface area (Å²) in [4.78, 5) is 12.5. The highest BCUT2D eigenvalue weighted by Crippen LogP contribution is 2.17. The van der Waals surface area contributed by atoms with E-state index in [2.05, 4.69) is 92.1 Å². The van der Waals surface area contributed by atoms with Crippen molar-refractivity contribution in [3.05, 3.63) is 85.1 Å². The van der Waals surface area contributed by atoms with E-state index in [1.54, 1.807) is 6.08 Å². The van der Waals surface area contributed by atoms with Gasteiger partial charge in [0.05, 0.1) is 18.8 Å². The van der Waals surface area contributed by atoms with Crippen LogP contribution in [0.4, 0.5) is 0 Å². The number of hydrogen-bond donors (Lipinski definition) is 3. The molecule has 1 amide bonds. The lowest BCUT2D eigenvalue weighted by Crippen LogP contribution is -2.45. The number of aliphatic hydroxyl groups excluding tert-OH is 2. The van der Waals surface area contributed by atoms with Gasteiger partial charge in [0.2, 0.25) is 5.91 Å². The number of amides is 1. The third-order valence-electron chi connectivity index (χ3n) is 13.1. The molecule has 0 aliphatic carbocycles. The molecule has 0 aliphatic heterocycles. The van der Waals surface area contributed by atoms with Crippen LogP contribution in [0.25, 0.3) is 0 Å². The minimum atomic E-state index is -0.866. The Bertz CT molecular complexity index is 1190. The molecule has 4 heteroatoms. The van der Waals surface area contributed by atoms with Crippen molar-refractivity contribution in [2.45, 2.75) is 302 Å². The van der Waals surface area contributed by atoms with E-state index in [9.17, 15) is 15.0 Å². The minimum Gasteiger partial charge on any atom is -0.394 e. The molecule has 0 bridgehead atoms. The number of rotatable bonds is 53. The second-order valence-corrected chi connectivity index (χ2v) is 19.7. The molecule has 0 aliphatic rings. The molecule has 0 aromatic carbocycles. The summed E-state index contributed by atoms with van der Waals surface area (Å²) < 4.78 is 0. The summed E-state index contributed by atoms with van der Waals surface area (Å²) in [6, 6.07) is -0.643. The molecule has 0 heterocycles. The first-order valence-corrected chi connectivity index (χ1v) is 29.3. The summed E-state index contributed by atoms with van der Waals surface area (Å²) in [5.41, 5.74) is 0. The molecular weight excluding hydrogens is 819 g/mol. The van der Waals surface area contributed by atoms with Crippen LogP contribution >= 0.6 is 0 Å². The smallest absolute Gasteiger partial charge is 0.220 e. The predicted molar refractivity (Wildman–Crippen MR) is 299 cm³/mol. The molecule has 0 saturated heterocycles. The Kier molecular flexibility index (Phi) is 55.8. The van der Waals surface area contributed by atoms with Crippen LogP contribution in [0.5, 0.6) is 0 Å². The lowest BCUT2D eigenvalue weighted by atomic mass is 10.0. The maximum absolute atomic E-state index is 12.5. The average molecular weight is 933 g/mol. The minimum absolute atomic E-state index is 0.0726. The van der Waals surface area contributed by atoms with Gasteiger partial charge in [0, 0.05) is 6.42 Å². The molecule has 0 spiro atoms. The molecular formula is C63H113NO3. The van der Waals surface area contributed by atoms with E-state index in [-0.39, 0.29) is 12.5 Å². The number of aliphatic hydroxyl groups is 2. The molecule has 0 aromatic rings. The molecule has 67 heavy (non-hydrogen) atoms. The third-order valence-corrected chi connectivity index (χ3v) is 13.1. The van der Waals surface area contributed by atoms with E-state index in [0.29, 0.717) is 6.42 Å². The quantitative estimate of drug-likeness (QED) is 0.0420. The normalized spacial score (nSPS) is 13.4. The maximum atomic E-state index is 12.5. The summed E-state index contributed by atoms with van der Waals surface area (Å²) in [7, 11) is 0. The molecule has 0 radical (unpaired) electrons. The summed E-state index contributed by atoms with van der Waals surface area (Å²) in [5.74, 6) is -0.0726. The maximum Gasteiger partial charge on any atom is 0.220 e. The van der Waals surface area contributed by atoms with Crippen LogP contribution in [-0.2, 0) is 4.79 Å². The molecule has 0 saturated carbocycles. The first-order chi connectivity index (χ1) is 33.2. The predicted octanol–water partition coefficient (Wildman–Crippen LogP) is 19.5. The molecule has 0 fully saturated rings. The summed E-state index contributed by atoms with van der Waals surface area (Å²) >= 11 is 0. The highest BCUT2D eigenvalue weighted by molar-refractivity contribution is 5.76. The van der Waals surface area contributed by atoms with Gasteiger partial charge < -0.3 is 15.5 Å². The Balaban J connectivity index is 3.52. The number of nitrogens with one attached hydrogen (secondary N) is 1. The molecule has 2 unspecified atom stereocenters. The number of allylic oxidation sites excluding steroid dienone is 13. The van der Waals surface area contributed by atoms with Gasteiger partial charge in [-0.3, -0.25) is 4.79 Å².